The topological polar surface area (TPSA) is 32.3 Å². The molecule has 124 valence electrons. The van der Waals surface area contributed by atoms with Crippen molar-refractivity contribution in [1.82, 2.24) is 10.2 Å². The SMILES string of the molecule is CN(CC(=O)NC1C2CC3CC(C2)CC1C3)Cc1ccccc1. The molecule has 0 heterocycles. The summed E-state index contributed by atoms with van der Waals surface area (Å²) in [5, 5.41) is 3.40. The quantitative estimate of drug-likeness (QED) is 0.906. The standard InChI is InChI=1S/C20H28N2O/c1-22(12-14-5-3-2-4-6-14)13-19(23)21-20-17-8-15-7-16(10-17)11-18(20)9-15/h2-6,15-18,20H,7-13H2,1H3,(H,21,23). The van der Waals surface area contributed by atoms with Crippen molar-refractivity contribution >= 4 is 5.91 Å². The van der Waals surface area contributed by atoms with Crippen molar-refractivity contribution in [3.05, 3.63) is 35.9 Å². The highest BCUT2D eigenvalue weighted by atomic mass is 16.2. The molecule has 0 radical (unpaired) electrons. The highest BCUT2D eigenvalue weighted by molar-refractivity contribution is 5.78. The van der Waals surface area contributed by atoms with Gasteiger partial charge in [0.2, 0.25) is 5.91 Å². The van der Waals surface area contributed by atoms with E-state index in [1.807, 2.05) is 13.1 Å². The fourth-order valence-corrected chi connectivity index (χ4v) is 5.59. The van der Waals surface area contributed by atoms with Gasteiger partial charge in [-0.3, -0.25) is 9.69 Å². The van der Waals surface area contributed by atoms with Crippen LogP contribution < -0.4 is 5.32 Å². The van der Waals surface area contributed by atoms with Gasteiger partial charge < -0.3 is 5.32 Å². The van der Waals surface area contributed by atoms with Crippen LogP contribution in [-0.2, 0) is 11.3 Å². The molecule has 4 fully saturated rings. The summed E-state index contributed by atoms with van der Waals surface area (Å²) in [5.41, 5.74) is 1.26. The number of hydrogen-bond donors (Lipinski definition) is 1. The zero-order valence-electron chi connectivity index (χ0n) is 14.1. The summed E-state index contributed by atoms with van der Waals surface area (Å²) in [7, 11) is 2.03. The maximum atomic E-state index is 12.5. The van der Waals surface area contributed by atoms with Crippen molar-refractivity contribution < 1.29 is 4.79 Å². The maximum absolute atomic E-state index is 12.5. The largest absolute Gasteiger partial charge is 0.352 e. The van der Waals surface area contributed by atoms with Crippen LogP contribution in [0.5, 0.6) is 0 Å². The van der Waals surface area contributed by atoms with Gasteiger partial charge in [-0.2, -0.15) is 0 Å². The van der Waals surface area contributed by atoms with Crippen molar-refractivity contribution in [3.63, 3.8) is 0 Å². The summed E-state index contributed by atoms with van der Waals surface area (Å²) in [6.45, 7) is 1.33. The van der Waals surface area contributed by atoms with E-state index in [1.165, 1.54) is 37.7 Å². The molecule has 3 nitrogen and oxygen atoms in total. The molecule has 5 rings (SSSR count). The van der Waals surface area contributed by atoms with Gasteiger partial charge in [0.25, 0.3) is 0 Å². The van der Waals surface area contributed by atoms with Crippen LogP contribution in [0.4, 0.5) is 0 Å². The fraction of sp³-hybridized carbons (Fsp3) is 0.650. The first-order chi connectivity index (χ1) is 11.2. The molecule has 1 amide bonds. The van der Waals surface area contributed by atoms with Gasteiger partial charge in [0, 0.05) is 12.6 Å². The molecule has 4 aliphatic carbocycles. The predicted octanol–water partition coefficient (Wildman–Crippen LogP) is 3.06. The van der Waals surface area contributed by atoms with E-state index in [4.69, 9.17) is 0 Å². The first-order valence-corrected chi connectivity index (χ1v) is 9.19. The lowest BCUT2D eigenvalue weighted by molar-refractivity contribution is -0.126. The maximum Gasteiger partial charge on any atom is 0.234 e. The average molecular weight is 312 g/mol. The fourth-order valence-electron chi connectivity index (χ4n) is 5.59. The number of rotatable bonds is 5. The predicted molar refractivity (Wildman–Crippen MR) is 91.8 cm³/mol. The molecule has 0 unspecified atom stereocenters. The lowest BCUT2D eigenvalue weighted by Crippen LogP contribution is -2.56. The van der Waals surface area contributed by atoms with Gasteiger partial charge in [0.05, 0.1) is 6.54 Å². The zero-order valence-corrected chi connectivity index (χ0v) is 14.1. The van der Waals surface area contributed by atoms with E-state index in [-0.39, 0.29) is 5.91 Å². The van der Waals surface area contributed by atoms with Gasteiger partial charge in [0.1, 0.15) is 0 Å². The van der Waals surface area contributed by atoms with E-state index in [9.17, 15) is 4.79 Å². The van der Waals surface area contributed by atoms with Crippen molar-refractivity contribution in [3.8, 4) is 0 Å². The molecule has 4 bridgehead atoms. The molecular weight excluding hydrogens is 284 g/mol. The summed E-state index contributed by atoms with van der Waals surface area (Å²) in [5.74, 6) is 3.66. The van der Waals surface area contributed by atoms with E-state index < -0.39 is 0 Å². The Morgan fingerprint density at radius 2 is 1.65 bits per heavy atom. The van der Waals surface area contributed by atoms with Gasteiger partial charge in [-0.15, -0.1) is 0 Å². The molecule has 0 spiro atoms. The molecule has 0 saturated heterocycles. The Kier molecular flexibility index (Phi) is 4.14. The number of nitrogens with one attached hydrogen (secondary N) is 1. The Morgan fingerprint density at radius 1 is 1.04 bits per heavy atom. The lowest BCUT2D eigenvalue weighted by Gasteiger charge is -2.54. The van der Waals surface area contributed by atoms with E-state index in [2.05, 4.69) is 34.5 Å². The minimum atomic E-state index is 0.209. The first-order valence-electron chi connectivity index (χ1n) is 9.19. The third-order valence-corrected chi connectivity index (χ3v) is 6.26. The summed E-state index contributed by atoms with van der Waals surface area (Å²) < 4.78 is 0. The van der Waals surface area contributed by atoms with E-state index in [1.54, 1.807) is 0 Å². The molecule has 1 aromatic carbocycles. The molecule has 1 N–H and O–H groups in total. The highest BCUT2D eigenvalue weighted by Crippen LogP contribution is 2.53. The lowest BCUT2D eigenvalue weighted by atomic mass is 9.54. The minimum Gasteiger partial charge on any atom is -0.352 e. The summed E-state index contributed by atoms with van der Waals surface area (Å²) in [4.78, 5) is 14.6. The van der Waals surface area contributed by atoms with Gasteiger partial charge in [-0.1, -0.05) is 30.3 Å². The second-order valence-corrected chi connectivity index (χ2v) is 8.18. The average Bonchev–Trinajstić information content (AvgIpc) is 2.51. The number of nitrogens with zero attached hydrogens (tertiary/aromatic N) is 1. The molecule has 0 aromatic heterocycles. The number of benzene rings is 1. The first kappa shape index (κ1) is 15.2. The number of carbonyl (C=O) groups excluding carboxylic acids is 1. The van der Waals surface area contributed by atoms with Crippen LogP contribution in [0.15, 0.2) is 30.3 Å². The van der Waals surface area contributed by atoms with Crippen LogP contribution in [0.2, 0.25) is 0 Å². The molecule has 4 aliphatic rings. The van der Waals surface area contributed by atoms with Crippen LogP contribution in [-0.4, -0.2) is 30.4 Å². The molecule has 1 aromatic rings. The minimum absolute atomic E-state index is 0.209. The number of amides is 1. The number of hydrogen-bond acceptors (Lipinski definition) is 2. The van der Waals surface area contributed by atoms with Crippen molar-refractivity contribution in [2.45, 2.75) is 44.7 Å². The Morgan fingerprint density at radius 3 is 2.26 bits per heavy atom. The van der Waals surface area contributed by atoms with Crippen molar-refractivity contribution in [2.75, 3.05) is 13.6 Å². The third kappa shape index (κ3) is 3.30. The van der Waals surface area contributed by atoms with Crippen LogP contribution >= 0.6 is 0 Å². The van der Waals surface area contributed by atoms with Crippen LogP contribution in [0.1, 0.15) is 37.7 Å². The summed E-state index contributed by atoms with van der Waals surface area (Å²) in [6, 6.07) is 10.8. The number of likely N-dealkylation sites (N-methyl/N-ethyl adjacent to an activating group) is 1. The van der Waals surface area contributed by atoms with Crippen molar-refractivity contribution in [2.24, 2.45) is 23.7 Å². The van der Waals surface area contributed by atoms with Gasteiger partial charge in [0.15, 0.2) is 0 Å². The Hall–Kier alpha value is -1.35. The van der Waals surface area contributed by atoms with Gasteiger partial charge in [-0.05, 0) is 68.4 Å². The van der Waals surface area contributed by atoms with Crippen molar-refractivity contribution in [1.29, 1.82) is 0 Å². The molecule has 0 aliphatic heterocycles. The molecular formula is C20H28N2O. The smallest absolute Gasteiger partial charge is 0.234 e. The second-order valence-electron chi connectivity index (χ2n) is 8.18. The van der Waals surface area contributed by atoms with Crippen LogP contribution in [0.25, 0.3) is 0 Å². The van der Waals surface area contributed by atoms with Gasteiger partial charge in [-0.25, -0.2) is 0 Å². The molecule has 23 heavy (non-hydrogen) atoms. The van der Waals surface area contributed by atoms with E-state index >= 15 is 0 Å². The Balaban J connectivity index is 1.30. The summed E-state index contributed by atoms with van der Waals surface area (Å²) in [6.07, 6.45) is 6.90. The molecule has 4 saturated carbocycles. The Labute approximate surface area is 139 Å². The monoisotopic (exact) mass is 312 g/mol. The van der Waals surface area contributed by atoms with Gasteiger partial charge >= 0.3 is 0 Å². The summed E-state index contributed by atoms with van der Waals surface area (Å²) >= 11 is 0. The molecule has 0 atom stereocenters. The highest BCUT2D eigenvalue weighted by Gasteiger charge is 2.48. The zero-order chi connectivity index (χ0) is 15.8. The Bertz CT molecular complexity index is 528. The normalized spacial score (nSPS) is 34.8. The third-order valence-electron chi connectivity index (χ3n) is 6.26. The van der Waals surface area contributed by atoms with E-state index in [0.717, 1.165) is 30.2 Å². The molecule has 3 heteroatoms. The van der Waals surface area contributed by atoms with E-state index in [0.29, 0.717) is 12.6 Å². The van der Waals surface area contributed by atoms with Crippen LogP contribution in [0, 0.1) is 23.7 Å². The van der Waals surface area contributed by atoms with Crippen LogP contribution in [0.3, 0.4) is 0 Å². The second kappa shape index (κ2) is 6.27. The number of carbonyl (C=O) groups is 1.